The molecule has 0 atom stereocenters. The first kappa shape index (κ1) is 71.0. The number of hydrogen-bond donors (Lipinski definition) is 0. The molecule has 0 saturated heterocycles. The molecule has 0 spiro atoms. The van der Waals surface area contributed by atoms with Gasteiger partial charge in [0, 0.05) is 0 Å². The summed E-state index contributed by atoms with van der Waals surface area (Å²) in [4.78, 5) is 0. The molecule has 0 heteroatoms. The van der Waals surface area contributed by atoms with Crippen LogP contribution in [-0.2, 0) is 0 Å². The van der Waals surface area contributed by atoms with Crippen LogP contribution >= 0.6 is 0 Å². The lowest BCUT2D eigenvalue weighted by Crippen LogP contribution is -1.92. The molecule has 0 aliphatic rings. The van der Waals surface area contributed by atoms with Gasteiger partial charge in [0.15, 0.2) is 0 Å². The summed E-state index contributed by atoms with van der Waals surface area (Å²) in [5.41, 5.74) is 22.7. The molecule has 24 aromatic rings. The van der Waals surface area contributed by atoms with Crippen LogP contribution in [0.2, 0.25) is 0 Å². The van der Waals surface area contributed by atoms with Crippen LogP contribution < -0.4 is 0 Å². The van der Waals surface area contributed by atoms with Crippen LogP contribution in [-0.4, -0.2) is 0 Å². The van der Waals surface area contributed by atoms with Crippen LogP contribution in [0.4, 0.5) is 0 Å². The Balaban J connectivity index is 0.000000108. The predicted molar refractivity (Wildman–Crippen MR) is 518 cm³/mol. The van der Waals surface area contributed by atoms with Gasteiger partial charge in [0.05, 0.1) is 0 Å². The molecular weight excluding hydrogens is 1440 g/mol. The van der Waals surface area contributed by atoms with Gasteiger partial charge >= 0.3 is 0 Å². The monoisotopic (exact) mass is 1520 g/mol. The maximum Gasteiger partial charge on any atom is -0.00201 e. The Bertz CT molecular complexity index is 7970. The van der Waals surface area contributed by atoms with Crippen molar-refractivity contribution in [1.29, 1.82) is 0 Å². The van der Waals surface area contributed by atoms with E-state index >= 15 is 0 Å². The lowest BCUT2D eigenvalue weighted by Gasteiger charge is -2.19. The molecule has 0 fully saturated rings. The standard InChI is InChI=1S/3C40H26/c1-3-12-29-24-32(22-20-27(29)10-1)31-14-9-15-33(26-31)39-35-16-5-7-18-37(35)40(38-19-8-6-17-36(38)39)34-23-21-28-11-2-4-13-30(28)25-34;1-2-13-29-25-31(24-23-27(29)11-1)30-15-9-16-32(26-30)39-35-18-5-7-20-37(35)40(38-21-8-6-19-36(38)39)34-22-10-14-28-12-3-4-17-33(28)34;1-2-12-31-26-32(25-20-27(31)10-1)40-37-17-7-5-15-35(37)39(36-16-6-8-18-38(36)40)30-23-21-29(22-24-30)34-19-9-13-28-11-3-4-14-33(28)34/h3*1-26H. The lowest BCUT2D eigenvalue weighted by atomic mass is 9.84. The highest BCUT2D eigenvalue weighted by atomic mass is 14.3. The summed E-state index contributed by atoms with van der Waals surface area (Å²) < 4.78 is 0. The summed E-state index contributed by atoms with van der Waals surface area (Å²) in [6.07, 6.45) is 0. The third-order valence-corrected chi connectivity index (χ3v) is 24.7. The molecule has 120 heavy (non-hydrogen) atoms. The van der Waals surface area contributed by atoms with E-state index in [1.165, 1.54) is 229 Å². The third kappa shape index (κ3) is 12.8. The minimum absolute atomic E-state index is 1.23. The lowest BCUT2D eigenvalue weighted by molar-refractivity contribution is 1.63. The van der Waals surface area contributed by atoms with Gasteiger partial charge in [-0.15, -0.1) is 0 Å². The summed E-state index contributed by atoms with van der Waals surface area (Å²) in [7, 11) is 0. The van der Waals surface area contributed by atoms with Gasteiger partial charge < -0.3 is 0 Å². The minimum Gasteiger partial charge on any atom is -0.0616 e. The Hall–Kier alpha value is -15.6. The van der Waals surface area contributed by atoms with Crippen molar-refractivity contribution < 1.29 is 0 Å². The van der Waals surface area contributed by atoms with Gasteiger partial charge in [-0.05, 0) is 266 Å². The maximum atomic E-state index is 2.36. The number of rotatable bonds is 9. The molecule has 0 aliphatic heterocycles. The van der Waals surface area contributed by atoms with Gasteiger partial charge in [-0.3, -0.25) is 0 Å². The largest absolute Gasteiger partial charge is 0.0616 e. The summed E-state index contributed by atoms with van der Waals surface area (Å²) in [5, 5.41) is 30.6. The van der Waals surface area contributed by atoms with Crippen LogP contribution in [0.15, 0.2) is 473 Å². The van der Waals surface area contributed by atoms with E-state index in [2.05, 4.69) is 473 Å². The fraction of sp³-hybridized carbons (Fsp3) is 0. The molecule has 24 aromatic carbocycles. The van der Waals surface area contributed by atoms with Crippen LogP contribution in [0.1, 0.15) is 0 Å². The zero-order valence-electron chi connectivity index (χ0n) is 66.0. The maximum absolute atomic E-state index is 2.36. The number of benzene rings is 24. The minimum atomic E-state index is 1.23. The molecule has 0 aliphatic carbocycles. The molecule has 0 N–H and O–H groups in total. The summed E-state index contributed by atoms with van der Waals surface area (Å²) in [5.74, 6) is 0. The Kier molecular flexibility index (Phi) is 18.1. The molecule has 0 heterocycles. The predicted octanol–water partition coefficient (Wildman–Crippen LogP) is 33.9. The van der Waals surface area contributed by atoms with E-state index in [9.17, 15) is 0 Å². The molecule has 0 radical (unpaired) electrons. The molecule has 0 saturated carbocycles. The highest BCUT2D eigenvalue weighted by molar-refractivity contribution is 6.26. The van der Waals surface area contributed by atoms with Crippen molar-refractivity contribution in [3.05, 3.63) is 473 Å². The van der Waals surface area contributed by atoms with Crippen molar-refractivity contribution in [3.8, 4) is 100 Å². The van der Waals surface area contributed by atoms with Gasteiger partial charge in [0.25, 0.3) is 0 Å². The summed E-state index contributed by atoms with van der Waals surface area (Å²) in [6, 6.07) is 173. The van der Waals surface area contributed by atoms with E-state index in [4.69, 9.17) is 0 Å². The second kappa shape index (κ2) is 30.5. The molecule has 558 valence electrons. The molecule has 24 rings (SSSR count). The number of fused-ring (bicyclic) bond motifs is 12. The van der Waals surface area contributed by atoms with Crippen molar-refractivity contribution >= 4 is 129 Å². The third-order valence-electron chi connectivity index (χ3n) is 24.7. The van der Waals surface area contributed by atoms with E-state index in [1.54, 1.807) is 0 Å². The molecule has 0 nitrogen and oxygen atoms in total. The molecule has 0 unspecified atom stereocenters. The quantitative estimate of drug-likeness (QED) is 0.126. The Labute approximate surface area is 697 Å². The second-order valence-electron chi connectivity index (χ2n) is 31.6. The van der Waals surface area contributed by atoms with Gasteiger partial charge in [-0.25, -0.2) is 0 Å². The van der Waals surface area contributed by atoms with Crippen LogP contribution in [0.3, 0.4) is 0 Å². The first-order chi connectivity index (χ1) is 59.5. The van der Waals surface area contributed by atoms with E-state index in [0.29, 0.717) is 0 Å². The molecule has 0 aromatic heterocycles. The van der Waals surface area contributed by atoms with Crippen LogP contribution in [0.25, 0.3) is 229 Å². The average Bonchev–Trinajstić information content (AvgIpc) is 0.741. The molecule has 0 amide bonds. The van der Waals surface area contributed by atoms with E-state index < -0.39 is 0 Å². The zero-order valence-corrected chi connectivity index (χ0v) is 66.0. The van der Waals surface area contributed by atoms with Gasteiger partial charge in [0.1, 0.15) is 0 Å². The first-order valence-electron chi connectivity index (χ1n) is 41.6. The van der Waals surface area contributed by atoms with E-state index in [1.807, 2.05) is 0 Å². The zero-order chi connectivity index (χ0) is 79.4. The fourth-order valence-corrected chi connectivity index (χ4v) is 19.1. The van der Waals surface area contributed by atoms with Crippen molar-refractivity contribution in [3.63, 3.8) is 0 Å². The Morgan fingerprint density at radius 1 is 0.0833 bits per heavy atom. The summed E-state index contributed by atoms with van der Waals surface area (Å²) >= 11 is 0. The Morgan fingerprint density at radius 2 is 0.275 bits per heavy atom. The summed E-state index contributed by atoms with van der Waals surface area (Å²) in [6.45, 7) is 0. The fourth-order valence-electron chi connectivity index (χ4n) is 19.1. The van der Waals surface area contributed by atoms with Crippen LogP contribution in [0, 0.1) is 0 Å². The smallest absolute Gasteiger partial charge is 0.00201 e. The van der Waals surface area contributed by atoms with Crippen molar-refractivity contribution in [2.45, 2.75) is 0 Å². The normalized spacial score (nSPS) is 11.5. The first-order valence-corrected chi connectivity index (χ1v) is 41.6. The van der Waals surface area contributed by atoms with Gasteiger partial charge in [0.2, 0.25) is 0 Å². The SMILES string of the molecule is c1cc(-c2ccc3ccccc3c2)cc(-c2c3ccccc3c(-c3ccc4ccccc4c3)c3ccccc23)c1.c1cc(-c2ccc3ccccc3c2)cc(-c2c3ccccc3c(-c3cccc4ccccc34)c3ccccc23)c1.c1ccc2cc(-c3c4ccccc4c(-c4ccc(-c5cccc6ccccc56)cc4)c4ccccc34)ccc2c1. The van der Waals surface area contributed by atoms with E-state index in [0.717, 1.165) is 0 Å². The average molecular weight is 1520 g/mol. The van der Waals surface area contributed by atoms with E-state index in [-0.39, 0.29) is 0 Å². The second-order valence-corrected chi connectivity index (χ2v) is 31.6. The molecule has 0 bridgehead atoms. The van der Waals surface area contributed by atoms with Gasteiger partial charge in [-0.1, -0.05) is 437 Å². The highest BCUT2D eigenvalue weighted by Gasteiger charge is 2.23. The van der Waals surface area contributed by atoms with Crippen molar-refractivity contribution in [2.75, 3.05) is 0 Å². The number of hydrogen-bond acceptors (Lipinski definition) is 0. The van der Waals surface area contributed by atoms with Crippen molar-refractivity contribution in [1.82, 2.24) is 0 Å². The highest BCUT2D eigenvalue weighted by Crippen LogP contribution is 2.50. The van der Waals surface area contributed by atoms with Crippen molar-refractivity contribution in [2.24, 2.45) is 0 Å². The van der Waals surface area contributed by atoms with Crippen LogP contribution in [0.5, 0.6) is 0 Å². The Morgan fingerprint density at radius 3 is 0.608 bits per heavy atom. The topological polar surface area (TPSA) is 0 Å². The molecular formula is C120H78. The van der Waals surface area contributed by atoms with Gasteiger partial charge in [-0.2, -0.15) is 0 Å².